The Bertz CT molecular complexity index is 2640. The summed E-state index contributed by atoms with van der Waals surface area (Å²) in [4.78, 5) is 2.47. The molecular weight excluding hydrogens is 569 g/mol. The van der Waals surface area contributed by atoms with Gasteiger partial charge in [0.15, 0.2) is 0 Å². The van der Waals surface area contributed by atoms with E-state index in [0.717, 1.165) is 11.4 Å². The summed E-state index contributed by atoms with van der Waals surface area (Å²) in [7, 11) is 0. The molecule has 0 N–H and O–H groups in total. The van der Waals surface area contributed by atoms with Crippen molar-refractivity contribution in [2.45, 2.75) is 19.3 Å². The maximum Gasteiger partial charge on any atom is 0.0621 e. The lowest BCUT2D eigenvalue weighted by atomic mass is 9.82. The highest BCUT2D eigenvalue weighted by atomic mass is 15.1. The summed E-state index contributed by atoms with van der Waals surface area (Å²) >= 11 is 0. The van der Waals surface area contributed by atoms with Gasteiger partial charge in [0.25, 0.3) is 0 Å². The van der Waals surface area contributed by atoms with Gasteiger partial charge in [0.2, 0.25) is 0 Å². The molecule has 0 unspecified atom stereocenters. The predicted octanol–water partition coefficient (Wildman–Crippen LogP) is 12.3. The van der Waals surface area contributed by atoms with Gasteiger partial charge in [-0.25, -0.2) is 0 Å². The number of benzene rings is 7. The second-order valence-electron chi connectivity index (χ2n) is 13.4. The third-order valence-corrected chi connectivity index (χ3v) is 10.5. The molecule has 2 heterocycles. The fourth-order valence-corrected chi connectivity index (χ4v) is 8.36. The first-order valence-corrected chi connectivity index (χ1v) is 16.5. The number of hydrogen-bond donors (Lipinski definition) is 0. The van der Waals surface area contributed by atoms with Gasteiger partial charge in [-0.15, -0.1) is 0 Å². The van der Waals surface area contributed by atoms with Crippen LogP contribution < -0.4 is 4.90 Å². The topological polar surface area (TPSA) is 7.65 Å². The Labute approximate surface area is 274 Å². The van der Waals surface area contributed by atoms with E-state index >= 15 is 0 Å². The zero-order valence-corrected chi connectivity index (χ0v) is 26.4. The van der Waals surface area contributed by atoms with Crippen LogP contribution in [0.15, 0.2) is 158 Å². The predicted molar refractivity (Wildman–Crippen MR) is 199 cm³/mol. The fraction of sp³-hybridized carbons (Fsp3) is 0.0667. The lowest BCUT2D eigenvalue weighted by molar-refractivity contribution is 0.660. The number of fused-ring (bicyclic) bond motifs is 9. The van der Waals surface area contributed by atoms with E-state index in [9.17, 15) is 0 Å². The molecule has 0 amide bonds. The van der Waals surface area contributed by atoms with Crippen molar-refractivity contribution in [3.8, 4) is 22.3 Å². The monoisotopic (exact) mass is 600 g/mol. The normalized spacial score (nSPS) is 13.5. The zero-order chi connectivity index (χ0) is 31.3. The summed E-state index contributed by atoms with van der Waals surface area (Å²) in [5, 5.41) is 5.15. The molecule has 1 aliphatic rings. The van der Waals surface area contributed by atoms with Crippen LogP contribution in [0.3, 0.4) is 0 Å². The van der Waals surface area contributed by atoms with Crippen molar-refractivity contribution in [3.63, 3.8) is 0 Å². The molecule has 47 heavy (non-hydrogen) atoms. The van der Waals surface area contributed by atoms with Crippen molar-refractivity contribution >= 4 is 55.2 Å². The summed E-state index contributed by atoms with van der Waals surface area (Å²) in [5.74, 6) is 0. The summed E-state index contributed by atoms with van der Waals surface area (Å²) < 4.78 is 2.47. The van der Waals surface area contributed by atoms with Crippen LogP contribution in [0, 0.1) is 0 Å². The first-order chi connectivity index (χ1) is 23.1. The molecule has 1 aliphatic carbocycles. The first-order valence-electron chi connectivity index (χ1n) is 16.5. The summed E-state index contributed by atoms with van der Waals surface area (Å²) in [6.07, 6.45) is 0. The van der Waals surface area contributed by atoms with Gasteiger partial charge >= 0.3 is 0 Å². The van der Waals surface area contributed by atoms with Gasteiger partial charge in [0.05, 0.1) is 22.2 Å². The van der Waals surface area contributed by atoms with Gasteiger partial charge in [-0.05, 0) is 75.8 Å². The van der Waals surface area contributed by atoms with Gasteiger partial charge in [-0.2, -0.15) is 0 Å². The van der Waals surface area contributed by atoms with E-state index in [-0.39, 0.29) is 5.41 Å². The molecule has 0 fully saturated rings. The Morgan fingerprint density at radius 3 is 1.98 bits per heavy atom. The highest BCUT2D eigenvalue weighted by Crippen LogP contribution is 2.52. The average Bonchev–Trinajstić information content (AvgIpc) is 3.73. The van der Waals surface area contributed by atoms with E-state index in [2.05, 4.69) is 181 Å². The van der Waals surface area contributed by atoms with Crippen LogP contribution in [0.5, 0.6) is 0 Å². The molecule has 222 valence electrons. The molecule has 0 atom stereocenters. The molecule has 2 heteroatoms. The van der Waals surface area contributed by atoms with Crippen molar-refractivity contribution in [1.29, 1.82) is 0 Å². The Morgan fingerprint density at radius 1 is 0.468 bits per heavy atom. The number of aromatic nitrogens is 1. The Hall–Kier alpha value is -5.86. The molecule has 0 saturated heterocycles. The van der Waals surface area contributed by atoms with Crippen molar-refractivity contribution in [2.75, 3.05) is 4.90 Å². The average molecular weight is 601 g/mol. The minimum absolute atomic E-state index is 0.0408. The van der Waals surface area contributed by atoms with E-state index < -0.39 is 0 Å². The minimum Gasteiger partial charge on any atom is -0.310 e. The highest BCUT2D eigenvalue weighted by Gasteiger charge is 2.35. The van der Waals surface area contributed by atoms with E-state index in [0.29, 0.717) is 0 Å². The fourth-order valence-electron chi connectivity index (χ4n) is 8.36. The summed E-state index contributed by atoms with van der Waals surface area (Å²) in [6.45, 7) is 4.70. The molecule has 0 aliphatic heterocycles. The van der Waals surface area contributed by atoms with Crippen LogP contribution in [0.25, 0.3) is 60.3 Å². The van der Waals surface area contributed by atoms with Gasteiger partial charge in [0.1, 0.15) is 0 Å². The molecule has 10 rings (SSSR count). The van der Waals surface area contributed by atoms with Gasteiger partial charge in [0, 0.05) is 38.3 Å². The summed E-state index contributed by atoms with van der Waals surface area (Å²) in [6, 6.07) is 58.1. The Morgan fingerprint density at radius 2 is 1.11 bits per heavy atom. The summed E-state index contributed by atoms with van der Waals surface area (Å²) in [5.41, 5.74) is 15.1. The van der Waals surface area contributed by atoms with Gasteiger partial charge in [-0.1, -0.05) is 129 Å². The van der Waals surface area contributed by atoms with Gasteiger partial charge in [-0.3, -0.25) is 0 Å². The molecule has 9 aromatic rings. The van der Waals surface area contributed by atoms with Gasteiger partial charge < -0.3 is 9.30 Å². The number of nitrogens with zero attached hydrogens (tertiary/aromatic N) is 2. The standard InChI is InChI=1S/C45H32N2/c1-45(2)38-18-8-6-14-33(38)37-28-32(26-27-39(37)45)46(31-24-22-30(23-25-31)29-12-4-3-5-13-29)41-20-11-21-42-43(41)36-17-10-16-35-34-15-7-9-19-40(34)47(42)44(35)36/h3-28H,1-2H3. The molecule has 2 aromatic heterocycles. The highest BCUT2D eigenvalue weighted by molar-refractivity contribution is 6.26. The van der Waals surface area contributed by atoms with E-state index in [4.69, 9.17) is 0 Å². The van der Waals surface area contributed by atoms with Crippen molar-refractivity contribution in [1.82, 2.24) is 4.40 Å². The molecule has 0 spiro atoms. The lowest BCUT2D eigenvalue weighted by Gasteiger charge is -2.28. The lowest BCUT2D eigenvalue weighted by Crippen LogP contribution is -2.15. The SMILES string of the molecule is CC1(C)c2ccccc2-c2cc(N(c3ccc(-c4ccccc4)cc3)c3cccc4c3c3cccc5c6ccccc6n4c53)ccc21. The Kier molecular flexibility index (Phi) is 5.37. The van der Waals surface area contributed by atoms with Crippen LogP contribution in [0.4, 0.5) is 17.1 Å². The molecular formula is C45H32N2. The molecule has 0 radical (unpaired) electrons. The van der Waals surface area contributed by atoms with Crippen LogP contribution in [0.2, 0.25) is 0 Å². The van der Waals surface area contributed by atoms with Crippen molar-refractivity contribution in [3.05, 3.63) is 169 Å². The first kappa shape index (κ1) is 26.4. The zero-order valence-electron chi connectivity index (χ0n) is 26.4. The molecule has 7 aromatic carbocycles. The minimum atomic E-state index is -0.0408. The largest absolute Gasteiger partial charge is 0.310 e. The number of para-hydroxylation sites is 2. The maximum absolute atomic E-state index is 2.47. The third kappa shape index (κ3) is 3.61. The molecule has 0 saturated carbocycles. The smallest absolute Gasteiger partial charge is 0.0621 e. The van der Waals surface area contributed by atoms with E-state index in [1.54, 1.807) is 0 Å². The third-order valence-electron chi connectivity index (χ3n) is 10.5. The number of hydrogen-bond acceptors (Lipinski definition) is 1. The number of rotatable bonds is 4. The Balaban J connectivity index is 1.26. The second-order valence-corrected chi connectivity index (χ2v) is 13.4. The second kappa shape index (κ2) is 9.57. The van der Waals surface area contributed by atoms with Crippen molar-refractivity contribution in [2.24, 2.45) is 0 Å². The quantitative estimate of drug-likeness (QED) is 0.195. The van der Waals surface area contributed by atoms with Crippen LogP contribution in [-0.4, -0.2) is 4.40 Å². The van der Waals surface area contributed by atoms with Crippen LogP contribution in [-0.2, 0) is 5.41 Å². The maximum atomic E-state index is 2.47. The number of anilines is 3. The van der Waals surface area contributed by atoms with Crippen LogP contribution >= 0.6 is 0 Å². The molecule has 0 bridgehead atoms. The van der Waals surface area contributed by atoms with Crippen molar-refractivity contribution < 1.29 is 0 Å². The van der Waals surface area contributed by atoms with E-state index in [1.165, 1.54) is 77.2 Å². The molecule has 2 nitrogen and oxygen atoms in total. The van der Waals surface area contributed by atoms with Crippen LogP contribution in [0.1, 0.15) is 25.0 Å². The van der Waals surface area contributed by atoms with E-state index in [1.807, 2.05) is 0 Å².